The zero-order valence-electron chi connectivity index (χ0n) is 6.28. The van der Waals surface area contributed by atoms with E-state index in [2.05, 4.69) is 4.98 Å². The second-order valence-electron chi connectivity index (χ2n) is 2.11. The molecule has 0 aliphatic heterocycles. The second-order valence-corrected chi connectivity index (χ2v) is 2.46. The number of rotatable bonds is 2. The van der Waals surface area contributed by atoms with Gasteiger partial charge in [0.15, 0.2) is 11.0 Å². The minimum absolute atomic E-state index is 0.0386. The summed E-state index contributed by atoms with van der Waals surface area (Å²) in [6.45, 7) is 0. The Labute approximate surface area is 77.8 Å². The third kappa shape index (κ3) is 2.48. The van der Waals surface area contributed by atoms with Gasteiger partial charge in [0.05, 0.1) is 4.92 Å². The summed E-state index contributed by atoms with van der Waals surface area (Å²) in [5.74, 6) is -0.762. The van der Waals surface area contributed by atoms with Crippen molar-refractivity contribution in [1.29, 1.82) is 0 Å². The molecule has 1 aromatic heterocycles. The third-order valence-corrected chi connectivity index (χ3v) is 1.52. The maximum atomic E-state index is 13.0. The number of hydrogen-bond donors (Lipinski definition) is 0. The first-order chi connectivity index (χ1) is 6.11. The van der Waals surface area contributed by atoms with E-state index in [1.807, 2.05) is 0 Å². The molecule has 4 nitrogen and oxygen atoms in total. The molecular formula is C7H4ClFN2O2. The highest BCUT2D eigenvalue weighted by Gasteiger charge is 2.04. The van der Waals surface area contributed by atoms with Crippen LogP contribution >= 0.6 is 11.6 Å². The number of aromatic nitrogens is 1. The molecule has 68 valence electrons. The molecular weight excluding hydrogens is 199 g/mol. The summed E-state index contributed by atoms with van der Waals surface area (Å²) in [5, 5.41) is 9.62. The molecule has 0 aliphatic rings. The van der Waals surface area contributed by atoms with E-state index < -0.39 is 10.7 Å². The van der Waals surface area contributed by atoms with E-state index in [1.54, 1.807) is 0 Å². The van der Waals surface area contributed by atoms with E-state index in [4.69, 9.17) is 11.6 Å². The number of nitrogens with zero attached hydrogens (tertiary/aromatic N) is 2. The predicted molar refractivity (Wildman–Crippen MR) is 45.2 cm³/mol. The molecule has 1 aromatic rings. The van der Waals surface area contributed by atoms with E-state index in [1.165, 1.54) is 12.3 Å². The van der Waals surface area contributed by atoms with Crippen LogP contribution in [0.3, 0.4) is 0 Å². The Kier molecular flexibility index (Phi) is 2.92. The molecule has 13 heavy (non-hydrogen) atoms. The normalized spacial score (nSPS) is 10.6. The van der Waals surface area contributed by atoms with Gasteiger partial charge >= 0.3 is 0 Å². The summed E-state index contributed by atoms with van der Waals surface area (Å²) < 4.78 is 13.0. The van der Waals surface area contributed by atoms with Gasteiger partial charge in [-0.05, 0) is 6.07 Å². The Bertz CT molecular complexity index is 368. The lowest BCUT2D eigenvalue weighted by Crippen LogP contribution is -1.88. The molecule has 1 rings (SSSR count). The molecule has 0 aliphatic carbocycles. The van der Waals surface area contributed by atoms with E-state index >= 15 is 0 Å². The van der Waals surface area contributed by atoms with Crippen molar-refractivity contribution in [3.05, 3.63) is 45.1 Å². The van der Waals surface area contributed by atoms with Crippen molar-refractivity contribution in [2.45, 2.75) is 0 Å². The van der Waals surface area contributed by atoms with Gasteiger partial charge in [0, 0.05) is 17.8 Å². The van der Waals surface area contributed by atoms with E-state index in [9.17, 15) is 14.5 Å². The minimum Gasteiger partial charge on any atom is -0.259 e. The van der Waals surface area contributed by atoms with Gasteiger partial charge in [0.1, 0.15) is 0 Å². The first-order valence-corrected chi connectivity index (χ1v) is 3.61. The van der Waals surface area contributed by atoms with Gasteiger partial charge in [-0.3, -0.25) is 10.1 Å². The van der Waals surface area contributed by atoms with Crippen LogP contribution in [0.1, 0.15) is 5.56 Å². The maximum absolute atomic E-state index is 13.0. The number of halogens is 2. The average Bonchev–Trinajstić information content (AvgIpc) is 2.07. The summed E-state index contributed by atoms with van der Waals surface area (Å²) >= 11 is 5.34. The second kappa shape index (κ2) is 3.95. The molecule has 0 bridgehead atoms. The summed E-state index contributed by atoms with van der Waals surface area (Å²) in [7, 11) is 0. The first-order valence-electron chi connectivity index (χ1n) is 3.23. The Morgan fingerprint density at radius 3 is 3.00 bits per heavy atom. The highest BCUT2D eigenvalue weighted by atomic mass is 35.5. The molecule has 0 aromatic carbocycles. The van der Waals surface area contributed by atoms with Gasteiger partial charge in [0.2, 0.25) is 6.20 Å². The highest BCUT2D eigenvalue weighted by molar-refractivity contribution is 6.29. The molecule has 0 atom stereocenters. The van der Waals surface area contributed by atoms with Gasteiger partial charge in [-0.15, -0.1) is 0 Å². The molecule has 0 spiro atoms. The lowest BCUT2D eigenvalue weighted by Gasteiger charge is -1.95. The summed E-state index contributed by atoms with van der Waals surface area (Å²) in [5.41, 5.74) is 0.0386. The summed E-state index contributed by atoms with van der Waals surface area (Å²) in [4.78, 5) is 12.7. The van der Waals surface area contributed by atoms with Crippen LogP contribution in [0.2, 0.25) is 5.15 Å². The number of nitro groups is 1. The van der Waals surface area contributed by atoms with Crippen LogP contribution in [0, 0.1) is 15.9 Å². The molecule has 6 heteroatoms. The standard InChI is InChI=1S/C7H4ClFN2O2/c8-7-6(9)5(1-3-10-7)2-4-11(12)13/h1-4H/b4-2+. The maximum Gasteiger partial charge on any atom is 0.235 e. The molecule has 0 fully saturated rings. The Morgan fingerprint density at radius 1 is 1.69 bits per heavy atom. The zero-order chi connectivity index (χ0) is 9.84. The van der Waals surface area contributed by atoms with Gasteiger partial charge in [-0.25, -0.2) is 9.37 Å². The summed E-state index contributed by atoms with van der Waals surface area (Å²) in [6, 6.07) is 1.29. The van der Waals surface area contributed by atoms with Crippen LogP contribution in [0.25, 0.3) is 6.08 Å². The Hall–Kier alpha value is -1.49. The molecule has 0 saturated heterocycles. The van der Waals surface area contributed by atoms with Gasteiger partial charge in [0.25, 0.3) is 0 Å². The lowest BCUT2D eigenvalue weighted by molar-refractivity contribution is -0.400. The average molecular weight is 203 g/mol. The monoisotopic (exact) mass is 202 g/mol. The van der Waals surface area contributed by atoms with E-state index in [0.29, 0.717) is 6.20 Å². The smallest absolute Gasteiger partial charge is 0.235 e. The fourth-order valence-electron chi connectivity index (χ4n) is 0.702. The van der Waals surface area contributed by atoms with E-state index in [0.717, 1.165) is 6.08 Å². The number of pyridine rings is 1. The number of hydrogen-bond acceptors (Lipinski definition) is 3. The van der Waals surface area contributed by atoms with Crippen LogP contribution in [0.5, 0.6) is 0 Å². The van der Waals surface area contributed by atoms with Crippen LogP contribution in [0.15, 0.2) is 18.5 Å². The lowest BCUT2D eigenvalue weighted by atomic mass is 10.2. The molecule has 0 unspecified atom stereocenters. The molecule has 0 N–H and O–H groups in total. The molecule has 1 heterocycles. The van der Waals surface area contributed by atoms with Gasteiger partial charge in [-0.2, -0.15) is 0 Å². The van der Waals surface area contributed by atoms with Crippen LogP contribution in [-0.4, -0.2) is 9.91 Å². The topological polar surface area (TPSA) is 56.0 Å². The fraction of sp³-hybridized carbons (Fsp3) is 0. The molecule has 0 amide bonds. The zero-order valence-corrected chi connectivity index (χ0v) is 7.03. The van der Waals surface area contributed by atoms with Crippen molar-refractivity contribution in [2.75, 3.05) is 0 Å². The van der Waals surface area contributed by atoms with Gasteiger partial charge in [-0.1, -0.05) is 11.6 Å². The predicted octanol–water partition coefficient (Wildman–Crippen LogP) is 2.12. The molecule has 0 saturated carbocycles. The van der Waals surface area contributed by atoms with Crippen molar-refractivity contribution in [1.82, 2.24) is 4.98 Å². The highest BCUT2D eigenvalue weighted by Crippen LogP contribution is 2.15. The first kappa shape index (κ1) is 9.60. The van der Waals surface area contributed by atoms with Crippen LogP contribution < -0.4 is 0 Å². The fourth-order valence-corrected chi connectivity index (χ4v) is 0.867. The van der Waals surface area contributed by atoms with Crippen LogP contribution in [-0.2, 0) is 0 Å². The third-order valence-electron chi connectivity index (χ3n) is 1.25. The largest absolute Gasteiger partial charge is 0.259 e. The quantitative estimate of drug-likeness (QED) is 0.419. The minimum atomic E-state index is -0.762. The van der Waals surface area contributed by atoms with Crippen molar-refractivity contribution >= 4 is 17.7 Å². The van der Waals surface area contributed by atoms with Crippen molar-refractivity contribution in [2.24, 2.45) is 0 Å². The Balaban J connectivity index is 3.02. The van der Waals surface area contributed by atoms with E-state index in [-0.39, 0.29) is 10.7 Å². The molecule has 0 radical (unpaired) electrons. The SMILES string of the molecule is O=[N+]([O-])/C=C/c1ccnc(Cl)c1F. The summed E-state index contributed by atoms with van der Waals surface area (Å²) in [6.07, 6.45) is 2.92. The Morgan fingerprint density at radius 2 is 2.38 bits per heavy atom. The van der Waals surface area contributed by atoms with Crippen molar-refractivity contribution in [3.63, 3.8) is 0 Å². The van der Waals surface area contributed by atoms with Crippen molar-refractivity contribution < 1.29 is 9.31 Å². The van der Waals surface area contributed by atoms with Crippen LogP contribution in [0.4, 0.5) is 4.39 Å². The van der Waals surface area contributed by atoms with Crippen molar-refractivity contribution in [3.8, 4) is 0 Å². The van der Waals surface area contributed by atoms with Gasteiger partial charge < -0.3 is 0 Å².